The van der Waals surface area contributed by atoms with Gasteiger partial charge < -0.3 is 5.32 Å². The zero-order valence-corrected chi connectivity index (χ0v) is 15.7. The second-order valence-electron chi connectivity index (χ2n) is 7.46. The predicted octanol–water partition coefficient (Wildman–Crippen LogP) is 1.93. The molecule has 2 heterocycles. The maximum atomic E-state index is 13.2. The molecule has 0 unspecified atom stereocenters. The maximum absolute atomic E-state index is 13.2. The number of nitrogens with zero attached hydrogens (tertiary/aromatic N) is 5. The van der Waals surface area contributed by atoms with Crippen LogP contribution in [0.15, 0.2) is 18.2 Å². The molecular weight excluding hydrogens is 344 g/mol. The van der Waals surface area contributed by atoms with Crippen molar-refractivity contribution < 1.29 is 9.59 Å². The number of fused-ring (bicyclic) bond motifs is 1. The van der Waals surface area contributed by atoms with Crippen molar-refractivity contribution in [2.24, 2.45) is 0 Å². The topological polar surface area (TPSA) is 93.0 Å². The van der Waals surface area contributed by atoms with Crippen LogP contribution in [-0.2, 0) is 36.3 Å². The molecule has 0 saturated carbocycles. The monoisotopic (exact) mass is 368 g/mol. The number of benzene rings is 1. The highest BCUT2D eigenvalue weighted by Crippen LogP contribution is 2.33. The summed E-state index contributed by atoms with van der Waals surface area (Å²) in [7, 11) is 0. The summed E-state index contributed by atoms with van der Waals surface area (Å²) in [6.07, 6.45) is 5.20. The van der Waals surface area contributed by atoms with E-state index >= 15 is 0 Å². The first-order valence-corrected chi connectivity index (χ1v) is 9.54. The molecule has 4 rings (SSSR count). The first kappa shape index (κ1) is 17.6. The standard InChI is InChI=1S/C19H24N6O2/c1-3-4-10-25-16(21-22-23-25)12-24-17(26)19(2,20-18(24)27)15-9-8-13-6-5-7-14(13)11-15/h8-9,11H,3-7,10,12H2,1-2H3,(H,20,27)/t19-/m1/s1. The number of rotatable bonds is 6. The predicted molar refractivity (Wildman–Crippen MR) is 97.6 cm³/mol. The van der Waals surface area contributed by atoms with Crippen LogP contribution in [0.25, 0.3) is 0 Å². The van der Waals surface area contributed by atoms with Gasteiger partial charge in [-0.05, 0) is 59.7 Å². The lowest BCUT2D eigenvalue weighted by Crippen LogP contribution is -2.41. The van der Waals surface area contributed by atoms with Crippen molar-refractivity contribution in [1.82, 2.24) is 30.4 Å². The van der Waals surface area contributed by atoms with Crippen molar-refractivity contribution in [3.8, 4) is 0 Å². The molecule has 3 amide bonds. The lowest BCUT2D eigenvalue weighted by atomic mass is 9.89. The lowest BCUT2D eigenvalue weighted by molar-refractivity contribution is -0.131. The number of carbonyl (C=O) groups is 2. The summed E-state index contributed by atoms with van der Waals surface area (Å²) in [5.74, 6) is 0.251. The van der Waals surface area contributed by atoms with Crippen LogP contribution >= 0.6 is 0 Å². The first-order chi connectivity index (χ1) is 13.0. The van der Waals surface area contributed by atoms with Gasteiger partial charge in [0.25, 0.3) is 5.91 Å². The number of hydrogen-bond donors (Lipinski definition) is 1. The average Bonchev–Trinajstić information content (AvgIpc) is 3.35. The van der Waals surface area contributed by atoms with Crippen molar-refractivity contribution in [2.45, 2.75) is 64.6 Å². The van der Waals surface area contributed by atoms with Gasteiger partial charge in [0.1, 0.15) is 5.54 Å². The van der Waals surface area contributed by atoms with Crippen molar-refractivity contribution in [3.05, 3.63) is 40.7 Å². The van der Waals surface area contributed by atoms with Gasteiger partial charge in [0.05, 0.1) is 6.54 Å². The Labute approximate surface area is 157 Å². The van der Waals surface area contributed by atoms with Crippen molar-refractivity contribution >= 4 is 11.9 Å². The van der Waals surface area contributed by atoms with E-state index < -0.39 is 11.6 Å². The van der Waals surface area contributed by atoms with Crippen LogP contribution in [0.4, 0.5) is 4.79 Å². The summed E-state index contributed by atoms with van der Waals surface area (Å²) in [5, 5.41) is 14.5. The summed E-state index contributed by atoms with van der Waals surface area (Å²) >= 11 is 0. The van der Waals surface area contributed by atoms with E-state index in [0.29, 0.717) is 12.4 Å². The largest absolute Gasteiger partial charge is 0.325 e. The minimum Gasteiger partial charge on any atom is -0.319 e. The zero-order chi connectivity index (χ0) is 19.0. The minimum absolute atomic E-state index is 0.0713. The fourth-order valence-corrected chi connectivity index (χ4v) is 3.88. The molecule has 1 aromatic carbocycles. The van der Waals surface area contributed by atoms with Crippen LogP contribution in [-0.4, -0.2) is 37.0 Å². The molecule has 142 valence electrons. The fourth-order valence-electron chi connectivity index (χ4n) is 3.88. The number of carbonyl (C=O) groups excluding carboxylic acids is 2. The Morgan fingerprint density at radius 1 is 1.22 bits per heavy atom. The van der Waals surface area contributed by atoms with Crippen molar-refractivity contribution in [3.63, 3.8) is 0 Å². The summed E-state index contributed by atoms with van der Waals surface area (Å²) in [5.41, 5.74) is 2.38. The van der Waals surface area contributed by atoms with Gasteiger partial charge in [-0.2, -0.15) is 0 Å². The van der Waals surface area contributed by atoms with Crippen LogP contribution in [0.5, 0.6) is 0 Å². The lowest BCUT2D eigenvalue weighted by Gasteiger charge is -2.23. The maximum Gasteiger partial charge on any atom is 0.325 e. The molecule has 27 heavy (non-hydrogen) atoms. The molecule has 1 aromatic heterocycles. The molecule has 1 saturated heterocycles. The van der Waals surface area contributed by atoms with E-state index in [1.807, 2.05) is 6.07 Å². The number of urea groups is 1. The number of hydrogen-bond acceptors (Lipinski definition) is 5. The normalized spacial score (nSPS) is 21.6. The zero-order valence-electron chi connectivity index (χ0n) is 15.7. The van der Waals surface area contributed by atoms with E-state index in [-0.39, 0.29) is 12.5 Å². The highest BCUT2D eigenvalue weighted by atomic mass is 16.2. The average molecular weight is 368 g/mol. The third-order valence-electron chi connectivity index (χ3n) is 5.58. The number of aromatic nitrogens is 4. The number of aryl methyl sites for hydroxylation is 3. The summed E-state index contributed by atoms with van der Waals surface area (Å²) in [6, 6.07) is 5.69. The van der Waals surface area contributed by atoms with Crippen LogP contribution in [0, 0.1) is 0 Å². The van der Waals surface area contributed by atoms with Gasteiger partial charge in [0.2, 0.25) is 0 Å². The van der Waals surface area contributed by atoms with Gasteiger partial charge >= 0.3 is 6.03 Å². The smallest absolute Gasteiger partial charge is 0.319 e. The van der Waals surface area contributed by atoms with E-state index in [0.717, 1.165) is 37.7 Å². The summed E-state index contributed by atoms with van der Waals surface area (Å²) < 4.78 is 1.66. The van der Waals surface area contributed by atoms with E-state index in [1.54, 1.807) is 11.6 Å². The molecule has 8 nitrogen and oxygen atoms in total. The molecule has 8 heteroatoms. The Bertz CT molecular complexity index is 892. The van der Waals surface area contributed by atoms with Gasteiger partial charge in [-0.3, -0.25) is 9.69 Å². The van der Waals surface area contributed by atoms with Crippen molar-refractivity contribution in [2.75, 3.05) is 0 Å². The molecule has 2 aromatic rings. The van der Waals surface area contributed by atoms with Crippen LogP contribution in [0.3, 0.4) is 0 Å². The van der Waals surface area contributed by atoms with Gasteiger partial charge in [0, 0.05) is 6.54 Å². The molecule has 1 aliphatic carbocycles. The van der Waals surface area contributed by atoms with Crippen LogP contribution < -0.4 is 5.32 Å². The van der Waals surface area contributed by atoms with Gasteiger partial charge in [-0.15, -0.1) is 5.10 Å². The van der Waals surface area contributed by atoms with Crippen LogP contribution in [0.2, 0.25) is 0 Å². The third kappa shape index (κ3) is 2.98. The quantitative estimate of drug-likeness (QED) is 0.787. The van der Waals surface area contributed by atoms with E-state index in [4.69, 9.17) is 0 Å². The number of unbranched alkanes of at least 4 members (excludes halogenated alkanes) is 1. The Balaban J connectivity index is 1.58. The van der Waals surface area contributed by atoms with E-state index in [1.165, 1.54) is 16.0 Å². The second-order valence-corrected chi connectivity index (χ2v) is 7.46. The Morgan fingerprint density at radius 2 is 2.04 bits per heavy atom. The molecule has 0 spiro atoms. The van der Waals surface area contributed by atoms with Gasteiger partial charge in [-0.1, -0.05) is 31.5 Å². The van der Waals surface area contributed by atoms with Gasteiger partial charge in [0.15, 0.2) is 5.82 Å². The van der Waals surface area contributed by atoms with E-state index in [2.05, 4.69) is 39.9 Å². The number of imide groups is 1. The van der Waals surface area contributed by atoms with Gasteiger partial charge in [-0.25, -0.2) is 9.48 Å². The van der Waals surface area contributed by atoms with E-state index in [9.17, 15) is 9.59 Å². The van der Waals surface area contributed by atoms with Crippen LogP contribution in [0.1, 0.15) is 55.6 Å². The SMILES string of the molecule is CCCCn1nnnc1CN1C(=O)N[C@](C)(c2ccc3c(c2)CCC3)C1=O. The first-order valence-electron chi connectivity index (χ1n) is 9.54. The fraction of sp³-hybridized carbons (Fsp3) is 0.526. The number of nitrogens with one attached hydrogen (secondary N) is 1. The molecule has 0 bridgehead atoms. The minimum atomic E-state index is -1.06. The molecule has 1 aliphatic heterocycles. The second kappa shape index (κ2) is 6.75. The molecule has 1 fully saturated rings. The highest BCUT2D eigenvalue weighted by Gasteiger charge is 2.49. The number of tetrazole rings is 1. The molecule has 1 N–H and O–H groups in total. The molecule has 0 radical (unpaired) electrons. The molecule has 1 atom stereocenters. The van der Waals surface area contributed by atoms with Crippen molar-refractivity contribution in [1.29, 1.82) is 0 Å². The molecule has 2 aliphatic rings. The summed E-state index contributed by atoms with van der Waals surface area (Å²) in [6.45, 7) is 4.60. The highest BCUT2D eigenvalue weighted by molar-refractivity contribution is 6.07. The Kier molecular flexibility index (Phi) is 4.41. The third-order valence-corrected chi connectivity index (χ3v) is 5.58. The Hall–Kier alpha value is -2.77. The molecular formula is C19H24N6O2. The Morgan fingerprint density at radius 3 is 2.85 bits per heavy atom. The summed E-state index contributed by atoms with van der Waals surface area (Å²) in [4.78, 5) is 26.9. The number of amides is 3.